The Labute approximate surface area is 114 Å². The van der Waals surface area contributed by atoms with Crippen molar-refractivity contribution in [1.29, 1.82) is 5.41 Å². The maximum Gasteiger partial charge on any atom is 0.127 e. The Kier molecular flexibility index (Phi) is 4.42. The van der Waals surface area contributed by atoms with Crippen molar-refractivity contribution in [2.24, 2.45) is 0 Å². The number of nitrogens with one attached hydrogen (secondary N) is 2. The van der Waals surface area contributed by atoms with Gasteiger partial charge in [-0.25, -0.2) is 0 Å². The van der Waals surface area contributed by atoms with E-state index >= 15 is 0 Å². The number of hydrogen-bond donors (Lipinski definition) is 2. The molecule has 1 aromatic rings. The maximum atomic E-state index is 7.44. The molecule has 0 amide bonds. The SMILES string of the molecule is N=Cc1c(NC2CCCCO2)ccc(Cl)c1Br. The van der Waals surface area contributed by atoms with Crippen molar-refractivity contribution in [3.05, 3.63) is 27.2 Å². The first kappa shape index (κ1) is 12.9. The Morgan fingerprint density at radius 1 is 1.47 bits per heavy atom. The Bertz CT molecular complexity index is 419. The molecule has 0 spiro atoms. The van der Waals surface area contributed by atoms with Crippen molar-refractivity contribution in [2.45, 2.75) is 25.5 Å². The molecule has 1 fully saturated rings. The molecule has 0 bridgehead atoms. The largest absolute Gasteiger partial charge is 0.360 e. The number of anilines is 1. The van der Waals surface area contributed by atoms with E-state index in [4.69, 9.17) is 21.7 Å². The molecule has 0 aliphatic carbocycles. The van der Waals surface area contributed by atoms with Gasteiger partial charge in [0.1, 0.15) is 6.23 Å². The summed E-state index contributed by atoms with van der Waals surface area (Å²) < 4.78 is 6.36. The molecule has 1 atom stereocenters. The molecule has 1 aromatic carbocycles. The van der Waals surface area contributed by atoms with Crippen molar-refractivity contribution in [3.63, 3.8) is 0 Å². The van der Waals surface area contributed by atoms with Crippen LogP contribution in [0.25, 0.3) is 0 Å². The van der Waals surface area contributed by atoms with E-state index in [0.717, 1.165) is 35.2 Å². The van der Waals surface area contributed by atoms with Crippen molar-refractivity contribution in [2.75, 3.05) is 11.9 Å². The van der Waals surface area contributed by atoms with Crippen LogP contribution >= 0.6 is 27.5 Å². The second kappa shape index (κ2) is 5.85. The van der Waals surface area contributed by atoms with Crippen molar-refractivity contribution >= 4 is 39.4 Å². The molecule has 0 aromatic heterocycles. The molecular formula is C12H14BrClN2O. The molecule has 1 saturated heterocycles. The Balaban J connectivity index is 2.19. The number of halogens is 2. The number of rotatable bonds is 3. The lowest BCUT2D eigenvalue weighted by Crippen LogP contribution is -2.27. The van der Waals surface area contributed by atoms with Crippen LogP contribution in [0.15, 0.2) is 16.6 Å². The molecular weight excluding hydrogens is 304 g/mol. The third-order valence-corrected chi connectivity index (χ3v) is 4.17. The second-order valence-electron chi connectivity index (χ2n) is 3.97. The third-order valence-electron chi connectivity index (χ3n) is 2.77. The zero-order valence-corrected chi connectivity index (χ0v) is 11.6. The van der Waals surface area contributed by atoms with E-state index in [1.54, 1.807) is 0 Å². The minimum atomic E-state index is 0.0375. The Morgan fingerprint density at radius 2 is 2.29 bits per heavy atom. The molecule has 1 unspecified atom stereocenters. The lowest BCUT2D eigenvalue weighted by Gasteiger charge is -2.25. The van der Waals surface area contributed by atoms with Gasteiger partial charge in [0.2, 0.25) is 0 Å². The summed E-state index contributed by atoms with van der Waals surface area (Å²) in [4.78, 5) is 0. The normalized spacial score (nSPS) is 20.0. The summed E-state index contributed by atoms with van der Waals surface area (Å²) >= 11 is 9.39. The fourth-order valence-electron chi connectivity index (χ4n) is 1.86. The predicted molar refractivity (Wildman–Crippen MR) is 74.3 cm³/mol. The fraction of sp³-hybridized carbons (Fsp3) is 0.417. The summed E-state index contributed by atoms with van der Waals surface area (Å²) in [5.74, 6) is 0. The second-order valence-corrected chi connectivity index (χ2v) is 5.17. The van der Waals surface area contributed by atoms with Crippen LogP contribution in [0.5, 0.6) is 0 Å². The number of hydrogen-bond acceptors (Lipinski definition) is 3. The quantitative estimate of drug-likeness (QED) is 0.826. The van der Waals surface area contributed by atoms with Crippen LogP contribution in [0.4, 0.5) is 5.69 Å². The molecule has 0 saturated carbocycles. The van der Waals surface area contributed by atoms with E-state index in [9.17, 15) is 0 Å². The van der Waals surface area contributed by atoms with E-state index in [-0.39, 0.29) is 6.23 Å². The number of benzene rings is 1. The van der Waals surface area contributed by atoms with Gasteiger partial charge in [0.15, 0.2) is 0 Å². The summed E-state index contributed by atoms with van der Waals surface area (Å²) in [6.07, 6.45) is 4.63. The minimum Gasteiger partial charge on any atom is -0.360 e. The van der Waals surface area contributed by atoms with E-state index in [1.807, 2.05) is 12.1 Å². The molecule has 1 heterocycles. The van der Waals surface area contributed by atoms with Gasteiger partial charge in [0, 0.05) is 28.5 Å². The fourth-order valence-corrected chi connectivity index (χ4v) is 2.49. The lowest BCUT2D eigenvalue weighted by atomic mass is 10.1. The topological polar surface area (TPSA) is 45.1 Å². The van der Waals surface area contributed by atoms with Gasteiger partial charge < -0.3 is 15.5 Å². The summed E-state index contributed by atoms with van der Waals surface area (Å²) in [6.45, 7) is 0.798. The molecule has 2 rings (SSSR count). The van der Waals surface area contributed by atoms with Crippen molar-refractivity contribution in [1.82, 2.24) is 0 Å². The standard InChI is InChI=1S/C12H14BrClN2O/c13-12-8(7-15)10(5-4-9(12)14)16-11-3-1-2-6-17-11/h4-5,7,11,15-16H,1-3,6H2. The summed E-state index contributed by atoms with van der Waals surface area (Å²) in [5.41, 5.74) is 1.63. The van der Waals surface area contributed by atoms with Gasteiger partial charge in [0.05, 0.1) is 5.02 Å². The monoisotopic (exact) mass is 316 g/mol. The molecule has 3 nitrogen and oxygen atoms in total. The molecule has 2 N–H and O–H groups in total. The molecule has 92 valence electrons. The molecule has 1 aliphatic heterocycles. The zero-order chi connectivity index (χ0) is 12.3. The molecule has 1 aliphatic rings. The van der Waals surface area contributed by atoms with Gasteiger partial charge in [-0.3, -0.25) is 0 Å². The third kappa shape index (κ3) is 3.00. The first-order chi connectivity index (χ1) is 8.22. The van der Waals surface area contributed by atoms with Gasteiger partial charge in [-0.05, 0) is 47.3 Å². The minimum absolute atomic E-state index is 0.0375. The average Bonchev–Trinajstić information content (AvgIpc) is 2.36. The molecule has 0 radical (unpaired) electrons. The molecule has 5 heteroatoms. The van der Waals surface area contributed by atoms with Crippen LogP contribution < -0.4 is 5.32 Å². The van der Waals surface area contributed by atoms with E-state index in [2.05, 4.69) is 21.2 Å². The van der Waals surface area contributed by atoms with Gasteiger partial charge in [-0.15, -0.1) is 0 Å². The van der Waals surface area contributed by atoms with E-state index in [0.29, 0.717) is 5.02 Å². The van der Waals surface area contributed by atoms with Gasteiger partial charge >= 0.3 is 0 Å². The van der Waals surface area contributed by atoms with Crippen molar-refractivity contribution in [3.8, 4) is 0 Å². The van der Waals surface area contributed by atoms with Crippen LogP contribution in [0.1, 0.15) is 24.8 Å². The van der Waals surface area contributed by atoms with Gasteiger partial charge in [0.25, 0.3) is 0 Å². The van der Waals surface area contributed by atoms with Crippen LogP contribution in [-0.4, -0.2) is 19.0 Å². The van der Waals surface area contributed by atoms with Crippen LogP contribution in [0.3, 0.4) is 0 Å². The van der Waals surface area contributed by atoms with Crippen LogP contribution in [0, 0.1) is 5.41 Å². The Morgan fingerprint density at radius 3 is 2.94 bits per heavy atom. The van der Waals surface area contributed by atoms with Crippen LogP contribution in [0.2, 0.25) is 5.02 Å². The lowest BCUT2D eigenvalue weighted by molar-refractivity contribution is 0.0343. The van der Waals surface area contributed by atoms with Gasteiger partial charge in [-0.2, -0.15) is 0 Å². The highest BCUT2D eigenvalue weighted by Gasteiger charge is 2.16. The Hall–Kier alpha value is -0.580. The zero-order valence-electron chi connectivity index (χ0n) is 9.30. The summed E-state index contributed by atoms with van der Waals surface area (Å²) in [6, 6.07) is 3.69. The highest BCUT2D eigenvalue weighted by atomic mass is 79.9. The highest BCUT2D eigenvalue weighted by molar-refractivity contribution is 9.10. The average molecular weight is 318 g/mol. The van der Waals surface area contributed by atoms with E-state index < -0.39 is 0 Å². The van der Waals surface area contributed by atoms with Gasteiger partial charge in [-0.1, -0.05) is 11.6 Å². The van der Waals surface area contributed by atoms with Crippen molar-refractivity contribution < 1.29 is 4.74 Å². The smallest absolute Gasteiger partial charge is 0.127 e. The van der Waals surface area contributed by atoms with Crippen LogP contribution in [-0.2, 0) is 4.74 Å². The number of ether oxygens (including phenoxy) is 1. The van der Waals surface area contributed by atoms with E-state index in [1.165, 1.54) is 12.6 Å². The highest BCUT2D eigenvalue weighted by Crippen LogP contribution is 2.31. The molecule has 17 heavy (non-hydrogen) atoms. The summed E-state index contributed by atoms with van der Waals surface area (Å²) in [7, 11) is 0. The predicted octanol–water partition coefficient (Wildman–Crippen LogP) is 4.04. The first-order valence-electron chi connectivity index (χ1n) is 5.59. The maximum absolute atomic E-state index is 7.44. The first-order valence-corrected chi connectivity index (χ1v) is 6.76. The summed E-state index contributed by atoms with van der Waals surface area (Å²) in [5, 5.41) is 11.4.